The van der Waals surface area contributed by atoms with Gasteiger partial charge in [-0.2, -0.15) is 5.26 Å². The number of hydrogen-bond donors (Lipinski definition) is 0. The number of hydrogen-bond acceptors (Lipinski definition) is 3. The highest BCUT2D eigenvalue weighted by atomic mass is 35.5. The first kappa shape index (κ1) is 15.9. The number of anilines is 1. The van der Waals surface area contributed by atoms with Crippen LogP contribution in [0.1, 0.15) is 18.1 Å². The number of halogens is 1. The van der Waals surface area contributed by atoms with Crippen molar-refractivity contribution in [1.29, 1.82) is 5.26 Å². The molecule has 0 amide bonds. The Morgan fingerprint density at radius 3 is 2.39 bits per heavy atom. The predicted molar refractivity (Wildman–Crippen MR) is 94.7 cm³/mol. The van der Waals surface area contributed by atoms with Crippen LogP contribution in [0.4, 0.5) is 5.69 Å². The van der Waals surface area contributed by atoms with Crippen LogP contribution in [0, 0.1) is 11.3 Å². The molecule has 2 aromatic carbocycles. The van der Waals surface area contributed by atoms with E-state index in [0.29, 0.717) is 6.04 Å². The Bertz CT molecular complexity index is 688. The smallest absolute Gasteiger partial charge is 0.0991 e. The average Bonchev–Trinajstić information content (AvgIpc) is 2.57. The van der Waals surface area contributed by atoms with Gasteiger partial charge in [0.2, 0.25) is 0 Å². The first-order chi connectivity index (χ1) is 11.2. The molecule has 1 heterocycles. The van der Waals surface area contributed by atoms with E-state index in [1.165, 1.54) is 11.3 Å². The van der Waals surface area contributed by atoms with Crippen molar-refractivity contribution in [1.82, 2.24) is 4.90 Å². The fourth-order valence-electron chi connectivity index (χ4n) is 3.14. The Labute approximate surface area is 142 Å². The molecule has 0 saturated carbocycles. The van der Waals surface area contributed by atoms with Crippen LogP contribution in [-0.2, 0) is 6.54 Å². The van der Waals surface area contributed by atoms with Crippen LogP contribution in [0.3, 0.4) is 0 Å². The summed E-state index contributed by atoms with van der Waals surface area (Å²) in [6, 6.07) is 18.6. The van der Waals surface area contributed by atoms with Crippen molar-refractivity contribution in [3.05, 3.63) is 64.7 Å². The molecule has 1 unspecified atom stereocenters. The molecule has 118 valence electrons. The lowest BCUT2D eigenvalue weighted by atomic mass is 10.1. The molecule has 23 heavy (non-hydrogen) atoms. The van der Waals surface area contributed by atoms with E-state index in [4.69, 9.17) is 16.9 Å². The largest absolute Gasteiger partial charge is 0.366 e. The second kappa shape index (κ2) is 7.04. The van der Waals surface area contributed by atoms with Gasteiger partial charge in [-0.25, -0.2) is 0 Å². The minimum Gasteiger partial charge on any atom is -0.366 e. The van der Waals surface area contributed by atoms with Gasteiger partial charge >= 0.3 is 0 Å². The Hall–Kier alpha value is -2.02. The van der Waals surface area contributed by atoms with Crippen LogP contribution >= 0.6 is 11.6 Å². The summed E-state index contributed by atoms with van der Waals surface area (Å²) in [4.78, 5) is 4.91. The molecule has 2 aromatic rings. The molecule has 0 spiro atoms. The van der Waals surface area contributed by atoms with Gasteiger partial charge in [-0.3, -0.25) is 4.90 Å². The van der Waals surface area contributed by atoms with E-state index in [1.807, 2.05) is 24.3 Å². The summed E-state index contributed by atoms with van der Waals surface area (Å²) in [5.41, 5.74) is 3.21. The summed E-state index contributed by atoms with van der Waals surface area (Å²) >= 11 is 5.98. The molecule has 0 aliphatic carbocycles. The standard InChI is InChI=1S/C19H20ClN3/c1-15-13-22(14-17-4-2-16(12-21)3-5-17)10-11-23(15)19-8-6-18(20)7-9-19/h2-9,15H,10-11,13-14H2,1H3. The molecule has 1 aliphatic rings. The molecule has 4 heteroatoms. The molecular weight excluding hydrogens is 306 g/mol. The van der Waals surface area contributed by atoms with E-state index in [9.17, 15) is 0 Å². The molecule has 1 aliphatic heterocycles. The van der Waals surface area contributed by atoms with Gasteiger partial charge in [0.1, 0.15) is 0 Å². The van der Waals surface area contributed by atoms with E-state index in [2.05, 4.69) is 47.1 Å². The second-order valence-corrected chi connectivity index (χ2v) is 6.50. The number of nitrogens with zero attached hydrogens (tertiary/aromatic N) is 3. The predicted octanol–water partition coefficient (Wildman–Crippen LogP) is 3.92. The molecule has 0 aromatic heterocycles. The zero-order valence-corrected chi connectivity index (χ0v) is 14.0. The monoisotopic (exact) mass is 325 g/mol. The molecule has 3 nitrogen and oxygen atoms in total. The van der Waals surface area contributed by atoms with Crippen molar-refractivity contribution in [2.75, 3.05) is 24.5 Å². The molecule has 1 atom stereocenters. The molecule has 1 saturated heterocycles. The normalized spacial score (nSPS) is 18.7. The highest BCUT2D eigenvalue weighted by molar-refractivity contribution is 6.30. The van der Waals surface area contributed by atoms with E-state index in [1.54, 1.807) is 0 Å². The maximum absolute atomic E-state index is 8.86. The summed E-state index contributed by atoms with van der Waals surface area (Å²) in [7, 11) is 0. The van der Waals surface area contributed by atoms with Crippen molar-refractivity contribution in [3.8, 4) is 6.07 Å². The van der Waals surface area contributed by atoms with Gasteiger partial charge in [-0.05, 0) is 48.9 Å². The van der Waals surface area contributed by atoms with Crippen molar-refractivity contribution in [3.63, 3.8) is 0 Å². The minimum absolute atomic E-state index is 0.461. The average molecular weight is 326 g/mol. The topological polar surface area (TPSA) is 30.3 Å². The lowest BCUT2D eigenvalue weighted by Crippen LogP contribution is -2.51. The van der Waals surface area contributed by atoms with E-state index in [0.717, 1.165) is 36.8 Å². The summed E-state index contributed by atoms with van der Waals surface area (Å²) in [6.45, 7) is 6.28. The van der Waals surface area contributed by atoms with Gasteiger partial charge in [-0.15, -0.1) is 0 Å². The lowest BCUT2D eigenvalue weighted by molar-refractivity contribution is 0.221. The fourth-order valence-corrected chi connectivity index (χ4v) is 3.26. The zero-order chi connectivity index (χ0) is 16.2. The Morgan fingerprint density at radius 1 is 1.09 bits per heavy atom. The third kappa shape index (κ3) is 3.85. The van der Waals surface area contributed by atoms with Crippen LogP contribution < -0.4 is 4.90 Å². The Balaban J connectivity index is 1.61. The van der Waals surface area contributed by atoms with Crippen molar-refractivity contribution >= 4 is 17.3 Å². The number of piperazine rings is 1. The maximum atomic E-state index is 8.86. The highest BCUT2D eigenvalue weighted by Gasteiger charge is 2.23. The van der Waals surface area contributed by atoms with E-state index in [-0.39, 0.29) is 0 Å². The first-order valence-electron chi connectivity index (χ1n) is 7.89. The lowest BCUT2D eigenvalue weighted by Gasteiger charge is -2.41. The molecule has 0 bridgehead atoms. The maximum Gasteiger partial charge on any atom is 0.0991 e. The fraction of sp³-hybridized carbons (Fsp3) is 0.316. The van der Waals surface area contributed by atoms with Crippen molar-refractivity contribution in [2.45, 2.75) is 19.5 Å². The van der Waals surface area contributed by atoms with E-state index < -0.39 is 0 Å². The van der Waals surface area contributed by atoms with Crippen molar-refractivity contribution < 1.29 is 0 Å². The first-order valence-corrected chi connectivity index (χ1v) is 8.27. The molecular formula is C19H20ClN3. The van der Waals surface area contributed by atoms with Gasteiger partial charge < -0.3 is 4.90 Å². The molecule has 1 fully saturated rings. The van der Waals surface area contributed by atoms with Crippen LogP contribution in [-0.4, -0.2) is 30.6 Å². The molecule has 0 N–H and O–H groups in total. The minimum atomic E-state index is 0.461. The number of nitriles is 1. The second-order valence-electron chi connectivity index (χ2n) is 6.06. The Kier molecular flexibility index (Phi) is 4.85. The summed E-state index contributed by atoms with van der Waals surface area (Å²) < 4.78 is 0. The third-order valence-electron chi connectivity index (χ3n) is 4.36. The quantitative estimate of drug-likeness (QED) is 0.856. The van der Waals surface area contributed by atoms with Gasteiger partial charge in [0.15, 0.2) is 0 Å². The van der Waals surface area contributed by atoms with E-state index >= 15 is 0 Å². The van der Waals surface area contributed by atoms with Gasteiger partial charge in [0, 0.05) is 42.9 Å². The van der Waals surface area contributed by atoms with Crippen LogP contribution in [0.15, 0.2) is 48.5 Å². The molecule has 3 rings (SSSR count). The summed E-state index contributed by atoms with van der Waals surface area (Å²) in [6.07, 6.45) is 0. The van der Waals surface area contributed by atoms with Crippen LogP contribution in [0.2, 0.25) is 5.02 Å². The number of benzene rings is 2. The van der Waals surface area contributed by atoms with Crippen molar-refractivity contribution in [2.24, 2.45) is 0 Å². The third-order valence-corrected chi connectivity index (χ3v) is 4.61. The van der Waals surface area contributed by atoms with Gasteiger partial charge in [0.25, 0.3) is 0 Å². The van der Waals surface area contributed by atoms with Crippen LogP contribution in [0.25, 0.3) is 0 Å². The highest BCUT2D eigenvalue weighted by Crippen LogP contribution is 2.23. The van der Waals surface area contributed by atoms with Gasteiger partial charge in [0.05, 0.1) is 11.6 Å². The SMILES string of the molecule is CC1CN(Cc2ccc(C#N)cc2)CCN1c1ccc(Cl)cc1. The molecule has 0 radical (unpaired) electrons. The van der Waals surface area contributed by atoms with Gasteiger partial charge in [-0.1, -0.05) is 23.7 Å². The summed E-state index contributed by atoms with van der Waals surface area (Å²) in [5.74, 6) is 0. The number of rotatable bonds is 3. The Morgan fingerprint density at radius 2 is 1.78 bits per heavy atom. The van der Waals surface area contributed by atoms with Crippen LogP contribution in [0.5, 0.6) is 0 Å². The summed E-state index contributed by atoms with van der Waals surface area (Å²) in [5, 5.41) is 9.64. The zero-order valence-electron chi connectivity index (χ0n) is 13.2.